The van der Waals surface area contributed by atoms with Gasteiger partial charge in [0.25, 0.3) is 0 Å². The van der Waals surface area contributed by atoms with E-state index in [0.717, 1.165) is 16.5 Å². The predicted molar refractivity (Wildman–Crippen MR) is 127 cm³/mol. The highest BCUT2D eigenvalue weighted by molar-refractivity contribution is 7.89. The quantitative estimate of drug-likeness (QED) is 0.420. The van der Waals surface area contributed by atoms with Gasteiger partial charge in [0.05, 0.1) is 10.9 Å². The van der Waals surface area contributed by atoms with Crippen molar-refractivity contribution >= 4 is 20.8 Å². The Bertz CT molecular complexity index is 1350. The van der Waals surface area contributed by atoms with E-state index in [9.17, 15) is 17.2 Å². The summed E-state index contributed by atoms with van der Waals surface area (Å²) in [6.45, 7) is 1.57. The number of hydrogen-bond acceptors (Lipinski definition) is 4. The lowest BCUT2D eigenvalue weighted by Crippen LogP contribution is -2.49. The van der Waals surface area contributed by atoms with Gasteiger partial charge in [0.1, 0.15) is 11.6 Å². The van der Waals surface area contributed by atoms with E-state index < -0.39 is 10.0 Å². The SMILES string of the molecule is O=S(=O)(c1cccc2cnccc12)N1CCN(C(c2ccc(F)cc2)c2ccc(F)cc2)CC1. The Morgan fingerprint density at radius 1 is 0.765 bits per heavy atom. The number of benzene rings is 3. The van der Waals surface area contributed by atoms with E-state index in [1.54, 1.807) is 54.9 Å². The molecule has 0 saturated carbocycles. The summed E-state index contributed by atoms with van der Waals surface area (Å²) in [5, 5.41) is 1.42. The monoisotopic (exact) mass is 479 g/mol. The van der Waals surface area contributed by atoms with Crippen molar-refractivity contribution in [2.75, 3.05) is 26.2 Å². The minimum atomic E-state index is -3.70. The number of pyridine rings is 1. The standard InChI is InChI=1S/C26H23F2N3O2S/c27-22-8-4-19(5-9-22)26(20-6-10-23(28)11-7-20)30-14-16-31(17-15-30)34(32,33)25-3-1-2-21-18-29-13-12-24(21)25/h1-13,18,26H,14-17H2. The maximum Gasteiger partial charge on any atom is 0.243 e. The minimum Gasteiger partial charge on any atom is -0.290 e. The van der Waals surface area contributed by atoms with Gasteiger partial charge in [0, 0.05) is 49.3 Å². The fourth-order valence-corrected chi connectivity index (χ4v) is 6.20. The molecule has 0 spiro atoms. The highest BCUT2D eigenvalue weighted by Gasteiger charge is 2.33. The number of halogens is 2. The van der Waals surface area contributed by atoms with Crippen LogP contribution < -0.4 is 0 Å². The summed E-state index contributed by atoms with van der Waals surface area (Å²) in [4.78, 5) is 6.51. The van der Waals surface area contributed by atoms with Crippen LogP contribution in [0.25, 0.3) is 10.8 Å². The number of aromatic nitrogens is 1. The smallest absolute Gasteiger partial charge is 0.243 e. The summed E-state index contributed by atoms with van der Waals surface area (Å²) in [6.07, 6.45) is 3.25. The summed E-state index contributed by atoms with van der Waals surface area (Å²) >= 11 is 0. The van der Waals surface area contributed by atoms with Gasteiger partial charge in [-0.2, -0.15) is 4.31 Å². The van der Waals surface area contributed by atoms with Crippen LogP contribution >= 0.6 is 0 Å². The number of hydrogen-bond donors (Lipinski definition) is 0. The zero-order chi connectivity index (χ0) is 23.7. The van der Waals surface area contributed by atoms with Gasteiger partial charge in [0.2, 0.25) is 10.0 Å². The van der Waals surface area contributed by atoms with Gasteiger partial charge in [-0.1, -0.05) is 36.4 Å². The zero-order valence-corrected chi connectivity index (χ0v) is 19.1. The number of sulfonamides is 1. The Morgan fingerprint density at radius 3 is 1.94 bits per heavy atom. The Kier molecular flexibility index (Phi) is 6.12. The average molecular weight is 480 g/mol. The maximum atomic E-state index is 13.6. The predicted octanol–water partition coefficient (Wildman–Crippen LogP) is 4.61. The molecule has 2 heterocycles. The second-order valence-electron chi connectivity index (χ2n) is 8.30. The van der Waals surface area contributed by atoms with Crippen LogP contribution in [0.4, 0.5) is 8.78 Å². The minimum absolute atomic E-state index is 0.241. The van der Waals surface area contributed by atoms with Crippen LogP contribution in [0.5, 0.6) is 0 Å². The molecule has 1 aliphatic heterocycles. The summed E-state index contributed by atoms with van der Waals surface area (Å²) in [7, 11) is -3.70. The number of piperazine rings is 1. The number of rotatable bonds is 5. The van der Waals surface area contributed by atoms with Crippen molar-refractivity contribution in [3.63, 3.8) is 0 Å². The van der Waals surface area contributed by atoms with E-state index in [2.05, 4.69) is 9.88 Å². The Balaban J connectivity index is 1.42. The molecule has 5 rings (SSSR count). The van der Waals surface area contributed by atoms with E-state index in [1.807, 2.05) is 6.07 Å². The van der Waals surface area contributed by atoms with Crippen molar-refractivity contribution < 1.29 is 17.2 Å². The normalized spacial score (nSPS) is 15.7. The largest absolute Gasteiger partial charge is 0.290 e. The zero-order valence-electron chi connectivity index (χ0n) is 18.3. The van der Waals surface area contributed by atoms with Crippen molar-refractivity contribution in [1.82, 2.24) is 14.2 Å². The molecule has 34 heavy (non-hydrogen) atoms. The number of fused-ring (bicyclic) bond motifs is 1. The molecular formula is C26H23F2N3O2S. The molecule has 1 saturated heterocycles. The van der Waals surface area contributed by atoms with Crippen LogP contribution in [0.1, 0.15) is 17.2 Å². The van der Waals surface area contributed by atoms with Gasteiger partial charge in [-0.05, 0) is 47.5 Å². The molecule has 0 N–H and O–H groups in total. The first-order chi connectivity index (χ1) is 16.4. The van der Waals surface area contributed by atoms with Crippen LogP contribution in [0.3, 0.4) is 0 Å². The first-order valence-electron chi connectivity index (χ1n) is 11.0. The van der Waals surface area contributed by atoms with Crippen molar-refractivity contribution in [1.29, 1.82) is 0 Å². The van der Waals surface area contributed by atoms with E-state index >= 15 is 0 Å². The second kappa shape index (κ2) is 9.21. The van der Waals surface area contributed by atoms with Gasteiger partial charge >= 0.3 is 0 Å². The highest BCUT2D eigenvalue weighted by Crippen LogP contribution is 2.32. The molecule has 5 nitrogen and oxygen atoms in total. The molecule has 0 amide bonds. The topological polar surface area (TPSA) is 53.5 Å². The number of nitrogens with zero attached hydrogens (tertiary/aromatic N) is 3. The molecule has 0 atom stereocenters. The van der Waals surface area contributed by atoms with Crippen LogP contribution in [0.15, 0.2) is 90.1 Å². The van der Waals surface area contributed by atoms with Crippen LogP contribution in [-0.4, -0.2) is 48.8 Å². The third-order valence-corrected chi connectivity index (χ3v) is 8.23. The lowest BCUT2D eigenvalue weighted by atomic mass is 9.96. The second-order valence-corrected chi connectivity index (χ2v) is 10.2. The molecule has 1 aromatic heterocycles. The first-order valence-corrected chi connectivity index (χ1v) is 12.5. The van der Waals surface area contributed by atoms with Gasteiger partial charge in [0.15, 0.2) is 0 Å². The molecule has 4 aromatic rings. The lowest BCUT2D eigenvalue weighted by Gasteiger charge is -2.39. The Morgan fingerprint density at radius 2 is 1.35 bits per heavy atom. The van der Waals surface area contributed by atoms with Crippen LogP contribution in [-0.2, 0) is 10.0 Å². The Labute approximate surface area is 197 Å². The fraction of sp³-hybridized carbons (Fsp3) is 0.192. The molecule has 0 bridgehead atoms. The first kappa shape index (κ1) is 22.6. The van der Waals surface area contributed by atoms with Crippen molar-refractivity contribution in [3.05, 3.63) is 108 Å². The third-order valence-electron chi connectivity index (χ3n) is 6.27. The highest BCUT2D eigenvalue weighted by atomic mass is 32.2. The summed E-state index contributed by atoms with van der Waals surface area (Å²) in [5.74, 6) is -0.661. The molecule has 0 aliphatic carbocycles. The molecular weight excluding hydrogens is 456 g/mol. The average Bonchev–Trinajstić information content (AvgIpc) is 2.86. The van der Waals surface area contributed by atoms with E-state index in [1.165, 1.54) is 28.6 Å². The van der Waals surface area contributed by atoms with Crippen LogP contribution in [0, 0.1) is 11.6 Å². The van der Waals surface area contributed by atoms with Gasteiger partial charge in [-0.3, -0.25) is 9.88 Å². The molecule has 174 valence electrons. The Hall–Kier alpha value is -3.20. The van der Waals surface area contributed by atoms with E-state index in [4.69, 9.17) is 0 Å². The van der Waals surface area contributed by atoms with Gasteiger partial charge < -0.3 is 0 Å². The molecule has 8 heteroatoms. The molecule has 1 fully saturated rings. The summed E-state index contributed by atoms with van der Waals surface area (Å²) < 4.78 is 55.6. The molecule has 1 aliphatic rings. The van der Waals surface area contributed by atoms with Crippen molar-refractivity contribution in [2.24, 2.45) is 0 Å². The fourth-order valence-electron chi connectivity index (χ4n) is 4.56. The van der Waals surface area contributed by atoms with Crippen molar-refractivity contribution in [2.45, 2.75) is 10.9 Å². The van der Waals surface area contributed by atoms with Gasteiger partial charge in [-0.25, -0.2) is 17.2 Å². The van der Waals surface area contributed by atoms with Crippen molar-refractivity contribution in [3.8, 4) is 0 Å². The van der Waals surface area contributed by atoms with E-state index in [-0.39, 0.29) is 22.6 Å². The van der Waals surface area contributed by atoms with Gasteiger partial charge in [-0.15, -0.1) is 0 Å². The van der Waals surface area contributed by atoms with E-state index in [0.29, 0.717) is 31.6 Å². The lowest BCUT2D eigenvalue weighted by molar-refractivity contribution is 0.155. The molecule has 0 radical (unpaired) electrons. The molecule has 3 aromatic carbocycles. The third kappa shape index (κ3) is 4.32. The summed E-state index contributed by atoms with van der Waals surface area (Å²) in [6, 6.07) is 19.2. The molecule has 0 unspecified atom stereocenters. The maximum absolute atomic E-state index is 13.6. The summed E-state index contributed by atoms with van der Waals surface area (Å²) in [5.41, 5.74) is 1.73. The van der Waals surface area contributed by atoms with Crippen LogP contribution in [0.2, 0.25) is 0 Å².